The van der Waals surface area contributed by atoms with Crippen molar-refractivity contribution in [3.8, 4) is 5.75 Å². The van der Waals surface area contributed by atoms with Crippen molar-refractivity contribution < 1.29 is 14.2 Å². The van der Waals surface area contributed by atoms with Gasteiger partial charge in [-0.2, -0.15) is 0 Å². The first-order chi connectivity index (χ1) is 8.44. The van der Waals surface area contributed by atoms with E-state index in [0.717, 1.165) is 0 Å². The first-order valence-corrected chi connectivity index (χ1v) is 6.96. The third-order valence-corrected chi connectivity index (χ3v) is 3.88. The molecule has 1 aromatic carbocycles. The second-order valence-electron chi connectivity index (χ2n) is 5.56. The molecule has 0 bridgehead atoms. The van der Waals surface area contributed by atoms with E-state index in [1.807, 2.05) is 13.8 Å². The number of hydrogen-bond acceptors (Lipinski definition) is 2. The monoisotopic (exact) mass is 316 g/mol. The summed E-state index contributed by atoms with van der Waals surface area (Å²) in [6.07, 6.45) is 2.41. The maximum atomic E-state index is 13.5. The van der Waals surface area contributed by atoms with Gasteiger partial charge in [0, 0.05) is 11.0 Å². The lowest BCUT2D eigenvalue weighted by Gasteiger charge is -2.26. The summed E-state index contributed by atoms with van der Waals surface area (Å²) in [5, 5.41) is 9.45. The molecule has 1 aliphatic rings. The minimum absolute atomic E-state index is 0.0529. The molecular formula is C14H18BrFO2. The minimum atomic E-state index is -0.524. The van der Waals surface area contributed by atoms with Crippen LogP contribution < -0.4 is 4.74 Å². The van der Waals surface area contributed by atoms with Gasteiger partial charge in [-0.05, 0) is 46.8 Å². The fraction of sp³-hybridized carbons (Fsp3) is 0.571. The molecule has 0 unspecified atom stereocenters. The van der Waals surface area contributed by atoms with Crippen molar-refractivity contribution in [2.75, 3.05) is 13.2 Å². The van der Waals surface area contributed by atoms with Crippen LogP contribution in [0.4, 0.5) is 4.39 Å². The van der Waals surface area contributed by atoms with Crippen molar-refractivity contribution >= 4 is 15.9 Å². The Morgan fingerprint density at radius 3 is 2.67 bits per heavy atom. The van der Waals surface area contributed by atoms with Crippen molar-refractivity contribution in [1.29, 1.82) is 0 Å². The maximum absolute atomic E-state index is 13.5. The zero-order valence-electron chi connectivity index (χ0n) is 10.7. The molecule has 0 atom stereocenters. The number of aliphatic hydroxyl groups excluding tert-OH is 1. The predicted octanol–water partition coefficient (Wildman–Crippen LogP) is 3.65. The highest BCUT2D eigenvalue weighted by molar-refractivity contribution is 9.10. The number of benzene rings is 1. The summed E-state index contributed by atoms with van der Waals surface area (Å²) >= 11 is 3.34. The quantitative estimate of drug-likeness (QED) is 0.898. The molecule has 1 saturated carbocycles. The summed E-state index contributed by atoms with van der Waals surface area (Å²) in [4.78, 5) is 0. The van der Waals surface area contributed by atoms with E-state index >= 15 is 0 Å². The van der Waals surface area contributed by atoms with E-state index in [1.165, 1.54) is 25.0 Å². The second kappa shape index (κ2) is 5.17. The lowest BCUT2D eigenvalue weighted by molar-refractivity contribution is 0.210. The zero-order chi connectivity index (χ0) is 13.3. The van der Waals surface area contributed by atoms with E-state index in [4.69, 9.17) is 4.74 Å². The van der Waals surface area contributed by atoms with Gasteiger partial charge in [0.1, 0.15) is 11.6 Å². The molecule has 0 radical (unpaired) electrons. The van der Waals surface area contributed by atoms with Crippen LogP contribution in [-0.4, -0.2) is 18.3 Å². The number of halogens is 2. The molecule has 2 rings (SSSR count). The van der Waals surface area contributed by atoms with Crippen molar-refractivity contribution in [2.24, 2.45) is 5.92 Å². The van der Waals surface area contributed by atoms with E-state index < -0.39 is 5.41 Å². The number of hydrogen-bond donors (Lipinski definition) is 1. The molecule has 1 aliphatic carbocycles. The fourth-order valence-corrected chi connectivity index (χ4v) is 2.33. The Labute approximate surface area is 115 Å². The van der Waals surface area contributed by atoms with Crippen LogP contribution in [0.15, 0.2) is 16.6 Å². The molecule has 1 N–H and O–H groups in total. The summed E-state index contributed by atoms with van der Waals surface area (Å²) in [6.45, 7) is 4.36. The van der Waals surface area contributed by atoms with Gasteiger partial charge in [0.25, 0.3) is 0 Å². The minimum Gasteiger partial charge on any atom is -0.492 e. The first kappa shape index (κ1) is 13.8. The Morgan fingerprint density at radius 2 is 2.11 bits per heavy atom. The van der Waals surface area contributed by atoms with Crippen LogP contribution in [0.3, 0.4) is 0 Å². The fourth-order valence-electron chi connectivity index (χ4n) is 1.78. The van der Waals surface area contributed by atoms with Crippen LogP contribution in [0.1, 0.15) is 32.3 Å². The van der Waals surface area contributed by atoms with E-state index in [0.29, 0.717) is 28.3 Å². The van der Waals surface area contributed by atoms with Gasteiger partial charge in [0.05, 0.1) is 17.7 Å². The van der Waals surface area contributed by atoms with Crippen molar-refractivity contribution in [2.45, 2.75) is 32.1 Å². The van der Waals surface area contributed by atoms with Crippen LogP contribution in [0.25, 0.3) is 0 Å². The number of aliphatic hydroxyl groups is 1. The Morgan fingerprint density at radius 1 is 1.44 bits per heavy atom. The summed E-state index contributed by atoms with van der Waals surface area (Å²) in [7, 11) is 0. The van der Waals surface area contributed by atoms with Crippen molar-refractivity contribution in [1.82, 2.24) is 0 Å². The number of rotatable bonds is 5. The topological polar surface area (TPSA) is 29.5 Å². The van der Waals surface area contributed by atoms with Gasteiger partial charge in [-0.25, -0.2) is 4.39 Å². The highest BCUT2D eigenvalue weighted by Gasteiger charge is 2.28. The largest absolute Gasteiger partial charge is 0.492 e. The lowest BCUT2D eigenvalue weighted by atomic mass is 9.85. The molecule has 1 fully saturated rings. The van der Waals surface area contributed by atoms with Crippen LogP contribution in [0.2, 0.25) is 0 Å². The van der Waals surface area contributed by atoms with E-state index in [2.05, 4.69) is 15.9 Å². The van der Waals surface area contributed by atoms with E-state index in [-0.39, 0.29) is 12.4 Å². The van der Waals surface area contributed by atoms with Crippen molar-refractivity contribution in [3.63, 3.8) is 0 Å². The Hall–Kier alpha value is -0.610. The summed E-state index contributed by atoms with van der Waals surface area (Å²) in [5.41, 5.74) is 0.182. The average Bonchev–Trinajstić information content (AvgIpc) is 3.11. The Kier molecular flexibility index (Phi) is 3.97. The molecule has 4 heteroatoms. The van der Waals surface area contributed by atoms with Gasteiger partial charge in [0.15, 0.2) is 0 Å². The third-order valence-electron chi connectivity index (χ3n) is 3.29. The first-order valence-electron chi connectivity index (χ1n) is 6.17. The molecular weight excluding hydrogens is 299 g/mol. The SMILES string of the molecule is CC(C)(CO)c1cc(F)cc(Br)c1OCC1CC1. The smallest absolute Gasteiger partial charge is 0.137 e. The molecule has 0 aromatic heterocycles. The van der Waals surface area contributed by atoms with Gasteiger partial charge >= 0.3 is 0 Å². The highest BCUT2D eigenvalue weighted by atomic mass is 79.9. The molecule has 2 nitrogen and oxygen atoms in total. The van der Waals surface area contributed by atoms with Crippen LogP contribution in [-0.2, 0) is 5.41 Å². The molecule has 0 saturated heterocycles. The van der Waals surface area contributed by atoms with Crippen LogP contribution in [0, 0.1) is 11.7 Å². The summed E-state index contributed by atoms with van der Waals surface area (Å²) in [6, 6.07) is 2.85. The van der Waals surface area contributed by atoms with Gasteiger partial charge < -0.3 is 9.84 Å². The number of ether oxygens (including phenoxy) is 1. The molecule has 0 aliphatic heterocycles. The van der Waals surface area contributed by atoms with E-state index in [9.17, 15) is 9.50 Å². The molecule has 0 heterocycles. The highest BCUT2D eigenvalue weighted by Crippen LogP contribution is 2.39. The standard InChI is InChI=1S/C14H18BrFO2/c1-14(2,8-17)11-5-10(16)6-12(15)13(11)18-7-9-3-4-9/h5-6,9,17H,3-4,7-8H2,1-2H3. The molecule has 18 heavy (non-hydrogen) atoms. The maximum Gasteiger partial charge on any atom is 0.137 e. The molecule has 0 spiro atoms. The zero-order valence-corrected chi connectivity index (χ0v) is 12.3. The predicted molar refractivity (Wildman–Crippen MR) is 72.4 cm³/mol. The van der Waals surface area contributed by atoms with E-state index in [1.54, 1.807) is 0 Å². The summed E-state index contributed by atoms with van der Waals surface area (Å²) < 4.78 is 19.9. The van der Waals surface area contributed by atoms with Crippen molar-refractivity contribution in [3.05, 3.63) is 28.0 Å². The molecule has 1 aromatic rings. The normalized spacial score (nSPS) is 15.8. The third kappa shape index (κ3) is 3.04. The van der Waals surface area contributed by atoms with Gasteiger partial charge in [-0.3, -0.25) is 0 Å². The summed E-state index contributed by atoms with van der Waals surface area (Å²) in [5.74, 6) is 0.964. The lowest BCUT2D eigenvalue weighted by Crippen LogP contribution is -2.23. The Balaban J connectivity index is 2.34. The van der Waals surface area contributed by atoms with Gasteiger partial charge in [-0.15, -0.1) is 0 Å². The van der Waals surface area contributed by atoms with Gasteiger partial charge in [-0.1, -0.05) is 13.8 Å². The molecule has 0 amide bonds. The average molecular weight is 317 g/mol. The van der Waals surface area contributed by atoms with Crippen LogP contribution >= 0.6 is 15.9 Å². The Bertz CT molecular complexity index is 442. The van der Waals surface area contributed by atoms with Crippen LogP contribution in [0.5, 0.6) is 5.75 Å². The second-order valence-corrected chi connectivity index (χ2v) is 6.42. The molecule has 100 valence electrons. The van der Waals surface area contributed by atoms with Gasteiger partial charge in [0.2, 0.25) is 0 Å².